The third-order valence-corrected chi connectivity index (χ3v) is 1.91. The number of likely N-dealkylation sites (N-methyl/N-ethyl adjacent to an activating group) is 1. The first-order valence-electron chi connectivity index (χ1n) is 4.16. The maximum atomic E-state index is 11.1. The predicted molar refractivity (Wildman–Crippen MR) is 46.1 cm³/mol. The van der Waals surface area contributed by atoms with Gasteiger partial charge in [-0.3, -0.25) is 4.79 Å². The Bertz CT molecular complexity index is 125. The third kappa shape index (κ3) is 3.37. The van der Waals surface area contributed by atoms with Gasteiger partial charge < -0.3 is 11.1 Å². The summed E-state index contributed by atoms with van der Waals surface area (Å²) < 4.78 is 0. The highest BCUT2D eigenvalue weighted by atomic mass is 16.2. The minimum absolute atomic E-state index is 0.0400. The number of rotatable bonds is 4. The number of hydrogen-bond donors (Lipinski definition) is 2. The first-order chi connectivity index (χ1) is 5.13. The van der Waals surface area contributed by atoms with E-state index in [-0.39, 0.29) is 17.9 Å². The van der Waals surface area contributed by atoms with Crippen LogP contribution in [-0.2, 0) is 4.79 Å². The van der Waals surface area contributed by atoms with Crippen molar-refractivity contribution in [2.75, 3.05) is 6.54 Å². The van der Waals surface area contributed by atoms with Gasteiger partial charge in [0.05, 0.1) is 6.04 Å². The number of carbonyl (C=O) groups excluding carboxylic acids is 1. The molecule has 0 aliphatic carbocycles. The summed E-state index contributed by atoms with van der Waals surface area (Å²) in [6.07, 6.45) is 0.943. The second kappa shape index (κ2) is 5.13. The van der Waals surface area contributed by atoms with Gasteiger partial charge in [0.15, 0.2) is 0 Å². The average molecular weight is 158 g/mol. The summed E-state index contributed by atoms with van der Waals surface area (Å²) in [4.78, 5) is 11.1. The third-order valence-electron chi connectivity index (χ3n) is 1.91. The molecule has 0 spiro atoms. The quantitative estimate of drug-likeness (QED) is 0.626. The minimum Gasteiger partial charge on any atom is -0.355 e. The fraction of sp³-hybridized carbons (Fsp3) is 0.875. The van der Waals surface area contributed by atoms with Crippen LogP contribution in [0, 0.1) is 5.92 Å². The second-order valence-electron chi connectivity index (χ2n) is 2.81. The molecule has 3 nitrogen and oxygen atoms in total. The van der Waals surface area contributed by atoms with Crippen molar-refractivity contribution in [3.8, 4) is 0 Å². The highest BCUT2D eigenvalue weighted by Crippen LogP contribution is 2.04. The van der Waals surface area contributed by atoms with Gasteiger partial charge in [0.1, 0.15) is 0 Å². The summed E-state index contributed by atoms with van der Waals surface area (Å²) in [5, 5.41) is 2.70. The van der Waals surface area contributed by atoms with Crippen molar-refractivity contribution >= 4 is 5.91 Å². The standard InChI is InChI=1S/C8H18N2O/c1-4-6(3)7(9)8(11)10-5-2/h6-7H,4-5,9H2,1-3H3,(H,10,11)/t6?,7-/m0/s1. The molecule has 0 aromatic carbocycles. The predicted octanol–water partition coefficient (Wildman–Crippen LogP) is 0.496. The number of hydrogen-bond acceptors (Lipinski definition) is 2. The maximum Gasteiger partial charge on any atom is 0.237 e. The fourth-order valence-corrected chi connectivity index (χ4v) is 0.804. The molecule has 0 aromatic heterocycles. The molecule has 2 atom stereocenters. The smallest absolute Gasteiger partial charge is 0.237 e. The molecule has 1 unspecified atom stereocenters. The van der Waals surface area contributed by atoms with Crippen LogP contribution in [0.5, 0.6) is 0 Å². The van der Waals surface area contributed by atoms with Gasteiger partial charge in [-0.05, 0) is 12.8 Å². The van der Waals surface area contributed by atoms with Crippen molar-refractivity contribution in [1.82, 2.24) is 5.32 Å². The Kier molecular flexibility index (Phi) is 4.86. The highest BCUT2D eigenvalue weighted by Gasteiger charge is 2.17. The lowest BCUT2D eigenvalue weighted by atomic mass is 9.99. The number of nitrogens with two attached hydrogens (primary N) is 1. The van der Waals surface area contributed by atoms with Crippen LogP contribution in [0.15, 0.2) is 0 Å². The SMILES string of the molecule is CCNC(=O)[C@@H](N)C(C)CC. The summed E-state index contributed by atoms with van der Waals surface area (Å²) in [7, 11) is 0. The van der Waals surface area contributed by atoms with Crippen molar-refractivity contribution < 1.29 is 4.79 Å². The summed E-state index contributed by atoms with van der Waals surface area (Å²) in [6, 6.07) is -0.347. The van der Waals surface area contributed by atoms with Crippen LogP contribution in [0.4, 0.5) is 0 Å². The molecule has 0 heterocycles. The zero-order valence-electron chi connectivity index (χ0n) is 7.55. The van der Waals surface area contributed by atoms with Crippen molar-refractivity contribution in [1.29, 1.82) is 0 Å². The lowest BCUT2D eigenvalue weighted by molar-refractivity contribution is -0.123. The van der Waals surface area contributed by atoms with Crippen molar-refractivity contribution in [3.05, 3.63) is 0 Å². The molecule has 3 heteroatoms. The number of nitrogens with one attached hydrogen (secondary N) is 1. The summed E-state index contributed by atoms with van der Waals surface area (Å²) >= 11 is 0. The van der Waals surface area contributed by atoms with E-state index in [1.807, 2.05) is 20.8 Å². The summed E-state index contributed by atoms with van der Waals surface area (Å²) in [5.74, 6) is 0.225. The molecular weight excluding hydrogens is 140 g/mol. The molecule has 1 amide bonds. The Hall–Kier alpha value is -0.570. The van der Waals surface area contributed by atoms with E-state index < -0.39 is 0 Å². The summed E-state index contributed by atoms with van der Waals surface area (Å²) in [6.45, 7) is 6.56. The van der Waals surface area contributed by atoms with E-state index in [0.29, 0.717) is 6.54 Å². The maximum absolute atomic E-state index is 11.1. The van der Waals surface area contributed by atoms with Crippen LogP contribution < -0.4 is 11.1 Å². The Morgan fingerprint density at radius 1 is 1.55 bits per heavy atom. The van der Waals surface area contributed by atoms with Gasteiger partial charge >= 0.3 is 0 Å². The molecule has 0 aliphatic rings. The normalized spacial score (nSPS) is 15.6. The van der Waals surface area contributed by atoms with Gasteiger partial charge in [0, 0.05) is 6.54 Å². The van der Waals surface area contributed by atoms with Gasteiger partial charge in [0.25, 0.3) is 0 Å². The molecule has 11 heavy (non-hydrogen) atoms. The molecule has 66 valence electrons. The van der Waals surface area contributed by atoms with Crippen LogP contribution in [0.3, 0.4) is 0 Å². The lowest BCUT2D eigenvalue weighted by Crippen LogP contribution is -2.44. The number of carbonyl (C=O) groups is 1. The van der Waals surface area contributed by atoms with Crippen LogP contribution in [0.1, 0.15) is 27.2 Å². The van der Waals surface area contributed by atoms with Gasteiger partial charge in [-0.2, -0.15) is 0 Å². The number of amides is 1. The molecule has 3 N–H and O–H groups in total. The fourth-order valence-electron chi connectivity index (χ4n) is 0.804. The molecule has 0 aliphatic heterocycles. The monoisotopic (exact) mass is 158 g/mol. The zero-order chi connectivity index (χ0) is 8.85. The van der Waals surface area contributed by atoms with E-state index >= 15 is 0 Å². The van der Waals surface area contributed by atoms with E-state index in [1.165, 1.54) is 0 Å². The van der Waals surface area contributed by atoms with E-state index in [4.69, 9.17) is 5.73 Å². The van der Waals surface area contributed by atoms with E-state index in [0.717, 1.165) is 6.42 Å². The highest BCUT2D eigenvalue weighted by molar-refractivity contribution is 5.81. The second-order valence-corrected chi connectivity index (χ2v) is 2.81. The van der Waals surface area contributed by atoms with Gasteiger partial charge in [-0.25, -0.2) is 0 Å². The van der Waals surface area contributed by atoms with Crippen LogP contribution >= 0.6 is 0 Å². The van der Waals surface area contributed by atoms with Crippen molar-refractivity contribution in [3.63, 3.8) is 0 Å². The molecule has 0 radical (unpaired) electrons. The van der Waals surface area contributed by atoms with Gasteiger partial charge in [0.2, 0.25) is 5.91 Å². The van der Waals surface area contributed by atoms with Crippen molar-refractivity contribution in [2.24, 2.45) is 11.7 Å². The molecule has 0 fully saturated rings. The zero-order valence-corrected chi connectivity index (χ0v) is 7.55. The van der Waals surface area contributed by atoms with Crippen molar-refractivity contribution in [2.45, 2.75) is 33.2 Å². The molecule has 0 aromatic rings. The molecule has 0 saturated heterocycles. The minimum atomic E-state index is -0.347. The Morgan fingerprint density at radius 2 is 2.09 bits per heavy atom. The molecular formula is C8H18N2O. The first-order valence-corrected chi connectivity index (χ1v) is 4.16. The summed E-state index contributed by atoms with van der Waals surface area (Å²) in [5.41, 5.74) is 5.65. The topological polar surface area (TPSA) is 55.1 Å². The first kappa shape index (κ1) is 10.4. The van der Waals surface area contributed by atoms with Crippen LogP contribution in [0.2, 0.25) is 0 Å². The van der Waals surface area contributed by atoms with E-state index in [1.54, 1.807) is 0 Å². The van der Waals surface area contributed by atoms with Gasteiger partial charge in [-0.15, -0.1) is 0 Å². The largest absolute Gasteiger partial charge is 0.355 e. The lowest BCUT2D eigenvalue weighted by Gasteiger charge is -2.16. The van der Waals surface area contributed by atoms with Gasteiger partial charge in [-0.1, -0.05) is 20.3 Å². The Labute approximate surface area is 68.3 Å². The van der Waals surface area contributed by atoms with E-state index in [9.17, 15) is 4.79 Å². The van der Waals surface area contributed by atoms with Crippen LogP contribution in [-0.4, -0.2) is 18.5 Å². The molecule has 0 bridgehead atoms. The average Bonchev–Trinajstić information content (AvgIpc) is 2.02. The molecule has 0 saturated carbocycles. The van der Waals surface area contributed by atoms with E-state index in [2.05, 4.69) is 5.32 Å². The molecule has 0 rings (SSSR count). The van der Waals surface area contributed by atoms with Crippen LogP contribution in [0.25, 0.3) is 0 Å². The Morgan fingerprint density at radius 3 is 2.45 bits per heavy atom. The Balaban J connectivity index is 3.80.